The molecular weight excluding hydrogens is 264 g/mol. The molecule has 0 saturated heterocycles. The normalized spacial score (nSPS) is 10.3. The van der Waals surface area contributed by atoms with E-state index in [9.17, 15) is 4.79 Å². The van der Waals surface area contributed by atoms with Crippen molar-refractivity contribution in [3.05, 3.63) is 53.1 Å². The van der Waals surface area contributed by atoms with Crippen molar-refractivity contribution in [1.29, 1.82) is 0 Å². The Morgan fingerprint density at radius 2 is 1.76 bits per heavy atom. The molecule has 0 heterocycles. The van der Waals surface area contributed by atoms with Crippen LogP contribution in [0.15, 0.2) is 36.4 Å². The Kier molecular flexibility index (Phi) is 4.17. The van der Waals surface area contributed by atoms with Crippen LogP contribution >= 0.6 is 0 Å². The molecule has 2 N–H and O–H groups in total. The smallest absolute Gasteiger partial charge is 0.337 e. The molecule has 0 atom stereocenters. The van der Waals surface area contributed by atoms with Gasteiger partial charge in [0.2, 0.25) is 0 Å². The van der Waals surface area contributed by atoms with Crippen LogP contribution in [-0.4, -0.2) is 20.1 Å². The third-order valence-electron chi connectivity index (χ3n) is 3.52. The average Bonchev–Trinajstić information content (AvgIpc) is 2.45. The number of hydrogen-bond donors (Lipinski definition) is 1. The molecule has 0 saturated carbocycles. The molecule has 0 aliphatic carbocycles. The topological polar surface area (TPSA) is 55.6 Å². The number of ether oxygens (including phenoxy) is 1. The second-order valence-electron chi connectivity index (χ2n) is 5.11. The van der Waals surface area contributed by atoms with Crippen LogP contribution in [0.2, 0.25) is 0 Å². The molecule has 4 heteroatoms. The number of rotatable bonds is 3. The first-order valence-electron chi connectivity index (χ1n) is 6.73. The van der Waals surface area contributed by atoms with E-state index >= 15 is 0 Å². The predicted octanol–water partition coefficient (Wildman–Crippen LogP) is 3.44. The van der Waals surface area contributed by atoms with Crippen molar-refractivity contribution >= 4 is 23.0 Å². The fourth-order valence-corrected chi connectivity index (χ4v) is 2.42. The van der Waals surface area contributed by atoms with Gasteiger partial charge in [-0.05, 0) is 43.7 Å². The van der Waals surface area contributed by atoms with Gasteiger partial charge in [0.15, 0.2) is 0 Å². The monoisotopic (exact) mass is 284 g/mol. The number of benzene rings is 2. The van der Waals surface area contributed by atoms with Crippen molar-refractivity contribution in [2.75, 3.05) is 24.8 Å². The number of methoxy groups -OCH3 is 1. The van der Waals surface area contributed by atoms with Gasteiger partial charge in [0.25, 0.3) is 0 Å². The Balaban J connectivity index is 2.39. The third kappa shape index (κ3) is 2.99. The Morgan fingerprint density at radius 1 is 1.10 bits per heavy atom. The van der Waals surface area contributed by atoms with Gasteiger partial charge in [-0.3, -0.25) is 0 Å². The summed E-state index contributed by atoms with van der Waals surface area (Å²) in [7, 11) is 3.31. The molecule has 0 unspecified atom stereocenters. The maximum atomic E-state index is 11.5. The molecular formula is C17H20N2O2. The summed E-state index contributed by atoms with van der Waals surface area (Å²) in [6, 6.07) is 11.5. The number of hydrogen-bond acceptors (Lipinski definition) is 4. The lowest BCUT2D eigenvalue weighted by atomic mass is 10.1. The van der Waals surface area contributed by atoms with Crippen molar-refractivity contribution in [3.63, 3.8) is 0 Å². The average molecular weight is 284 g/mol. The van der Waals surface area contributed by atoms with E-state index in [0.29, 0.717) is 11.3 Å². The summed E-state index contributed by atoms with van der Waals surface area (Å²) in [5.41, 5.74) is 11.4. The molecule has 0 spiro atoms. The molecule has 0 amide bonds. The number of carbonyl (C=O) groups excluding carboxylic acids is 1. The molecule has 2 rings (SSSR count). The van der Waals surface area contributed by atoms with Gasteiger partial charge < -0.3 is 15.4 Å². The highest BCUT2D eigenvalue weighted by Crippen LogP contribution is 2.32. The molecule has 21 heavy (non-hydrogen) atoms. The molecule has 4 nitrogen and oxygen atoms in total. The quantitative estimate of drug-likeness (QED) is 0.693. The number of esters is 1. The van der Waals surface area contributed by atoms with Crippen molar-refractivity contribution in [2.45, 2.75) is 13.8 Å². The zero-order valence-electron chi connectivity index (χ0n) is 12.8. The van der Waals surface area contributed by atoms with E-state index in [1.54, 1.807) is 12.1 Å². The fourth-order valence-electron chi connectivity index (χ4n) is 2.42. The first-order valence-corrected chi connectivity index (χ1v) is 6.73. The molecule has 0 aliphatic rings. The maximum absolute atomic E-state index is 11.5. The lowest BCUT2D eigenvalue weighted by Gasteiger charge is -2.23. The van der Waals surface area contributed by atoms with E-state index in [1.165, 1.54) is 18.2 Å². The standard InChI is InChI=1S/C17H20N2O2/c1-11-5-7-15(12(2)9-11)19(3)16-8-6-13(10-14(16)18)17(20)21-4/h5-10H,18H2,1-4H3. The number of aryl methyl sites for hydroxylation is 2. The van der Waals surface area contributed by atoms with Gasteiger partial charge in [-0.25, -0.2) is 4.79 Å². The molecule has 0 aromatic heterocycles. The molecule has 2 aromatic carbocycles. The van der Waals surface area contributed by atoms with E-state index < -0.39 is 0 Å². The third-order valence-corrected chi connectivity index (χ3v) is 3.52. The second kappa shape index (κ2) is 5.87. The van der Waals surface area contributed by atoms with Crippen molar-refractivity contribution in [1.82, 2.24) is 0 Å². The maximum Gasteiger partial charge on any atom is 0.337 e. The van der Waals surface area contributed by atoms with Gasteiger partial charge >= 0.3 is 5.97 Å². The van der Waals surface area contributed by atoms with Crippen molar-refractivity contribution in [2.24, 2.45) is 0 Å². The van der Waals surface area contributed by atoms with E-state index in [0.717, 1.165) is 11.4 Å². The van der Waals surface area contributed by atoms with Crippen LogP contribution in [0.3, 0.4) is 0 Å². The largest absolute Gasteiger partial charge is 0.465 e. The van der Waals surface area contributed by atoms with Crippen molar-refractivity contribution in [3.8, 4) is 0 Å². The molecule has 110 valence electrons. The lowest BCUT2D eigenvalue weighted by molar-refractivity contribution is 0.0601. The van der Waals surface area contributed by atoms with Crippen LogP contribution in [-0.2, 0) is 4.74 Å². The number of anilines is 3. The van der Waals surface area contributed by atoms with Crippen molar-refractivity contribution < 1.29 is 9.53 Å². The summed E-state index contributed by atoms with van der Waals surface area (Å²) >= 11 is 0. The molecule has 0 fully saturated rings. The van der Waals surface area contributed by atoms with Crippen LogP contribution in [0.4, 0.5) is 17.1 Å². The van der Waals surface area contributed by atoms with E-state index in [2.05, 4.69) is 32.0 Å². The van der Waals surface area contributed by atoms with Crippen LogP contribution in [0.5, 0.6) is 0 Å². The molecule has 0 radical (unpaired) electrons. The summed E-state index contributed by atoms with van der Waals surface area (Å²) in [6.45, 7) is 4.13. The summed E-state index contributed by atoms with van der Waals surface area (Å²) < 4.78 is 4.70. The van der Waals surface area contributed by atoms with E-state index in [4.69, 9.17) is 10.5 Å². The van der Waals surface area contributed by atoms with Gasteiger partial charge in [0.1, 0.15) is 0 Å². The van der Waals surface area contributed by atoms with E-state index in [1.807, 2.05) is 18.0 Å². The van der Waals surface area contributed by atoms with Gasteiger partial charge in [-0.2, -0.15) is 0 Å². The first kappa shape index (κ1) is 14.9. The van der Waals surface area contributed by atoms with Gasteiger partial charge in [0.05, 0.1) is 24.0 Å². The summed E-state index contributed by atoms with van der Waals surface area (Å²) in [6.07, 6.45) is 0. The number of nitrogens with two attached hydrogens (primary N) is 1. The highest BCUT2D eigenvalue weighted by atomic mass is 16.5. The second-order valence-corrected chi connectivity index (χ2v) is 5.11. The minimum absolute atomic E-state index is 0.387. The van der Waals surface area contributed by atoms with Crippen LogP contribution in [0.1, 0.15) is 21.5 Å². The molecule has 0 aliphatic heterocycles. The minimum Gasteiger partial charge on any atom is -0.465 e. The summed E-state index contributed by atoms with van der Waals surface area (Å²) in [4.78, 5) is 13.5. The fraction of sp³-hybridized carbons (Fsp3) is 0.235. The number of nitrogens with zero attached hydrogens (tertiary/aromatic N) is 1. The van der Waals surface area contributed by atoms with Gasteiger partial charge in [0, 0.05) is 12.7 Å². The Hall–Kier alpha value is -2.49. The van der Waals surface area contributed by atoms with Gasteiger partial charge in [-0.1, -0.05) is 17.7 Å². The zero-order chi connectivity index (χ0) is 15.6. The Bertz CT molecular complexity index is 680. The Morgan fingerprint density at radius 3 is 2.33 bits per heavy atom. The van der Waals surface area contributed by atoms with E-state index in [-0.39, 0.29) is 5.97 Å². The predicted molar refractivity (Wildman–Crippen MR) is 86.2 cm³/mol. The SMILES string of the molecule is COC(=O)c1ccc(N(C)c2ccc(C)cc2C)c(N)c1. The molecule has 0 bridgehead atoms. The Labute approximate surface area is 125 Å². The molecule has 2 aromatic rings. The lowest BCUT2D eigenvalue weighted by Crippen LogP contribution is -2.13. The zero-order valence-corrected chi connectivity index (χ0v) is 12.8. The number of nitrogen functional groups attached to an aromatic ring is 1. The highest BCUT2D eigenvalue weighted by molar-refractivity contribution is 5.92. The summed E-state index contributed by atoms with van der Waals surface area (Å²) in [5.74, 6) is -0.387. The number of carbonyl (C=O) groups is 1. The van der Waals surface area contributed by atoms with Gasteiger partial charge in [-0.15, -0.1) is 0 Å². The van der Waals surface area contributed by atoms with Crippen LogP contribution < -0.4 is 10.6 Å². The first-order chi connectivity index (χ1) is 9.93. The minimum atomic E-state index is -0.387. The highest BCUT2D eigenvalue weighted by Gasteiger charge is 2.13. The van der Waals surface area contributed by atoms with Crippen LogP contribution in [0, 0.1) is 13.8 Å². The van der Waals surface area contributed by atoms with Crippen LogP contribution in [0.25, 0.3) is 0 Å². The summed E-state index contributed by atoms with van der Waals surface area (Å²) in [5, 5.41) is 0.